The van der Waals surface area contributed by atoms with Crippen molar-refractivity contribution >= 4 is 15.9 Å². The summed E-state index contributed by atoms with van der Waals surface area (Å²) >= 11 is 0. The highest BCUT2D eigenvalue weighted by atomic mass is 32.2. The van der Waals surface area contributed by atoms with Crippen LogP contribution in [0.25, 0.3) is 0 Å². The highest BCUT2D eigenvalue weighted by Crippen LogP contribution is 2.35. The van der Waals surface area contributed by atoms with Crippen molar-refractivity contribution in [1.82, 2.24) is 10.0 Å². The molecule has 1 aliphatic heterocycles. The molecule has 1 atom stereocenters. The molecule has 2 N–H and O–H groups in total. The molecule has 8 heteroatoms. The summed E-state index contributed by atoms with van der Waals surface area (Å²) in [5.74, 6) is 1.62. The van der Waals surface area contributed by atoms with E-state index in [-0.39, 0.29) is 23.5 Å². The van der Waals surface area contributed by atoms with Crippen LogP contribution in [0.1, 0.15) is 48.2 Å². The van der Waals surface area contributed by atoms with Crippen molar-refractivity contribution < 1.29 is 22.7 Å². The number of sulfonamides is 1. The van der Waals surface area contributed by atoms with Gasteiger partial charge < -0.3 is 14.8 Å². The van der Waals surface area contributed by atoms with Gasteiger partial charge in [0, 0.05) is 36.2 Å². The predicted molar refractivity (Wildman–Crippen MR) is 117 cm³/mol. The fourth-order valence-electron chi connectivity index (χ4n) is 3.62. The number of ether oxygens (including phenoxy) is 2. The second kappa shape index (κ2) is 8.88. The van der Waals surface area contributed by atoms with E-state index in [9.17, 15) is 13.2 Å². The van der Waals surface area contributed by atoms with Gasteiger partial charge in [-0.2, -0.15) is 0 Å². The van der Waals surface area contributed by atoms with Crippen LogP contribution >= 0.6 is 0 Å². The zero-order valence-electron chi connectivity index (χ0n) is 17.8. The van der Waals surface area contributed by atoms with Gasteiger partial charge in [0.05, 0.1) is 11.5 Å². The largest absolute Gasteiger partial charge is 0.494 e. The molecule has 1 aliphatic carbocycles. The standard InChI is InChI=1S/C23H28N2O5S/c1-3-29-21-11-18-9-15(2)30-22(18)12-19(21)14-24-23(26)17-5-4-6-20(10-17)31(27,28)25-13-16-7-8-16/h4-6,10-12,15-16,25H,3,7-9,13-14H2,1-2H3,(H,24,26)/t15-/m0/s1. The lowest BCUT2D eigenvalue weighted by atomic mass is 10.1. The summed E-state index contributed by atoms with van der Waals surface area (Å²) in [6, 6.07) is 9.97. The Hall–Kier alpha value is -2.58. The van der Waals surface area contributed by atoms with Gasteiger partial charge in [0.2, 0.25) is 10.0 Å². The number of benzene rings is 2. The van der Waals surface area contributed by atoms with Crippen molar-refractivity contribution in [3.63, 3.8) is 0 Å². The second-order valence-electron chi connectivity index (χ2n) is 8.14. The molecular weight excluding hydrogens is 416 g/mol. The highest BCUT2D eigenvalue weighted by molar-refractivity contribution is 7.89. The third-order valence-electron chi connectivity index (χ3n) is 5.48. The van der Waals surface area contributed by atoms with Gasteiger partial charge >= 0.3 is 0 Å². The number of hydrogen-bond acceptors (Lipinski definition) is 5. The Morgan fingerprint density at radius 3 is 2.77 bits per heavy atom. The fourth-order valence-corrected chi connectivity index (χ4v) is 4.79. The van der Waals surface area contributed by atoms with Crippen LogP contribution in [0.5, 0.6) is 11.5 Å². The molecule has 2 aliphatic rings. The van der Waals surface area contributed by atoms with E-state index in [0.717, 1.165) is 41.9 Å². The summed E-state index contributed by atoms with van der Waals surface area (Å²) in [6.07, 6.45) is 3.06. The van der Waals surface area contributed by atoms with E-state index >= 15 is 0 Å². The van der Waals surface area contributed by atoms with E-state index in [2.05, 4.69) is 10.0 Å². The average molecular weight is 445 g/mol. The van der Waals surface area contributed by atoms with Crippen LogP contribution in [0, 0.1) is 5.92 Å². The smallest absolute Gasteiger partial charge is 0.251 e. The molecule has 166 valence electrons. The van der Waals surface area contributed by atoms with Gasteiger partial charge in [-0.3, -0.25) is 4.79 Å². The van der Waals surface area contributed by atoms with Crippen LogP contribution in [0.4, 0.5) is 0 Å². The van der Waals surface area contributed by atoms with Crippen LogP contribution in [-0.4, -0.2) is 33.6 Å². The summed E-state index contributed by atoms with van der Waals surface area (Å²) in [7, 11) is -3.63. The van der Waals surface area contributed by atoms with Gasteiger partial charge in [0.1, 0.15) is 17.6 Å². The monoisotopic (exact) mass is 444 g/mol. The lowest BCUT2D eigenvalue weighted by Crippen LogP contribution is -2.27. The van der Waals surface area contributed by atoms with E-state index in [1.54, 1.807) is 12.1 Å². The van der Waals surface area contributed by atoms with Gasteiger partial charge in [-0.25, -0.2) is 13.1 Å². The SMILES string of the molecule is CCOc1cc2c(cc1CNC(=O)c1cccc(S(=O)(=O)NCC3CC3)c1)O[C@@H](C)C2. The summed E-state index contributed by atoms with van der Waals surface area (Å²) in [4.78, 5) is 12.8. The van der Waals surface area contributed by atoms with E-state index in [1.807, 2.05) is 26.0 Å². The number of carbonyl (C=O) groups excluding carboxylic acids is 1. The molecule has 1 heterocycles. The zero-order valence-corrected chi connectivity index (χ0v) is 18.6. The lowest BCUT2D eigenvalue weighted by Gasteiger charge is -2.14. The maximum Gasteiger partial charge on any atom is 0.251 e. The molecule has 1 amide bonds. The first-order chi connectivity index (χ1) is 14.9. The average Bonchev–Trinajstić information content (AvgIpc) is 3.51. The molecular formula is C23H28N2O5S. The fraction of sp³-hybridized carbons (Fsp3) is 0.435. The minimum Gasteiger partial charge on any atom is -0.494 e. The molecule has 0 bridgehead atoms. The van der Waals surface area contributed by atoms with Gasteiger partial charge in [-0.05, 0) is 62.9 Å². The third kappa shape index (κ3) is 5.19. The molecule has 0 unspecified atom stereocenters. The first-order valence-corrected chi connectivity index (χ1v) is 12.2. The van der Waals surface area contributed by atoms with Crippen molar-refractivity contribution in [2.24, 2.45) is 5.92 Å². The zero-order chi connectivity index (χ0) is 22.0. The highest BCUT2D eigenvalue weighted by Gasteiger charge is 2.25. The Morgan fingerprint density at radius 2 is 2.03 bits per heavy atom. The minimum absolute atomic E-state index is 0.0933. The number of amides is 1. The molecule has 0 aromatic heterocycles. The molecule has 0 spiro atoms. The number of rotatable bonds is 9. The van der Waals surface area contributed by atoms with Crippen LogP contribution in [0.3, 0.4) is 0 Å². The summed E-state index contributed by atoms with van der Waals surface area (Å²) in [5, 5.41) is 2.87. The normalized spacial score (nSPS) is 17.7. The van der Waals surface area contributed by atoms with Gasteiger partial charge in [0.25, 0.3) is 5.91 Å². The summed E-state index contributed by atoms with van der Waals surface area (Å²) in [5.41, 5.74) is 2.21. The molecule has 0 radical (unpaired) electrons. The third-order valence-corrected chi connectivity index (χ3v) is 6.91. The van der Waals surface area contributed by atoms with Crippen molar-refractivity contribution in [1.29, 1.82) is 0 Å². The van der Waals surface area contributed by atoms with E-state index in [1.165, 1.54) is 12.1 Å². The van der Waals surface area contributed by atoms with Crippen molar-refractivity contribution in [2.45, 2.75) is 50.7 Å². The first kappa shape index (κ1) is 21.6. The topological polar surface area (TPSA) is 93.7 Å². The minimum atomic E-state index is -3.63. The van der Waals surface area contributed by atoms with Gasteiger partial charge in [-0.1, -0.05) is 6.07 Å². The molecule has 1 saturated carbocycles. The van der Waals surface area contributed by atoms with E-state index in [0.29, 0.717) is 24.6 Å². The predicted octanol–water partition coefficient (Wildman–Crippen LogP) is 3.03. The van der Waals surface area contributed by atoms with Crippen molar-refractivity contribution in [2.75, 3.05) is 13.2 Å². The Morgan fingerprint density at radius 1 is 1.23 bits per heavy atom. The van der Waals surface area contributed by atoms with Crippen LogP contribution in [0.15, 0.2) is 41.3 Å². The number of fused-ring (bicyclic) bond motifs is 1. The van der Waals surface area contributed by atoms with Crippen molar-refractivity contribution in [3.8, 4) is 11.5 Å². The quantitative estimate of drug-likeness (QED) is 0.620. The summed E-state index contributed by atoms with van der Waals surface area (Å²) < 4.78 is 39.2. The molecule has 0 saturated heterocycles. The summed E-state index contributed by atoms with van der Waals surface area (Å²) in [6.45, 7) is 5.14. The number of carbonyl (C=O) groups is 1. The number of hydrogen-bond donors (Lipinski definition) is 2. The number of nitrogens with one attached hydrogen (secondary N) is 2. The van der Waals surface area contributed by atoms with Crippen LogP contribution < -0.4 is 19.5 Å². The maximum absolute atomic E-state index is 12.7. The van der Waals surface area contributed by atoms with Crippen LogP contribution in [-0.2, 0) is 23.0 Å². The molecule has 1 fully saturated rings. The van der Waals surface area contributed by atoms with Gasteiger partial charge in [0.15, 0.2) is 0 Å². The van der Waals surface area contributed by atoms with E-state index < -0.39 is 10.0 Å². The Kier molecular flexibility index (Phi) is 6.20. The molecule has 31 heavy (non-hydrogen) atoms. The van der Waals surface area contributed by atoms with Crippen LogP contribution in [0.2, 0.25) is 0 Å². The Labute approximate surface area is 183 Å². The van der Waals surface area contributed by atoms with Gasteiger partial charge in [-0.15, -0.1) is 0 Å². The molecule has 2 aromatic carbocycles. The first-order valence-electron chi connectivity index (χ1n) is 10.7. The maximum atomic E-state index is 12.7. The molecule has 4 rings (SSSR count). The Balaban J connectivity index is 1.46. The molecule has 2 aromatic rings. The lowest BCUT2D eigenvalue weighted by molar-refractivity contribution is 0.0950. The molecule has 7 nitrogen and oxygen atoms in total. The second-order valence-corrected chi connectivity index (χ2v) is 9.91. The Bertz CT molecular complexity index is 1080. The van der Waals surface area contributed by atoms with Crippen molar-refractivity contribution in [3.05, 3.63) is 53.1 Å². The van der Waals surface area contributed by atoms with E-state index in [4.69, 9.17) is 9.47 Å².